The number of amides is 2. The minimum atomic E-state index is -0.726. The largest absolute Gasteiger partial charge is 0.444 e. The number of nitrogens with one attached hydrogen (secondary N) is 2. The lowest BCUT2D eigenvalue weighted by molar-refractivity contribution is -0.135. The molecule has 2 aromatic carbocycles. The van der Waals surface area contributed by atoms with Crippen molar-refractivity contribution in [3.63, 3.8) is 0 Å². The number of H-pyrrole nitrogens is 1. The van der Waals surface area contributed by atoms with Crippen LogP contribution >= 0.6 is 11.6 Å². The van der Waals surface area contributed by atoms with Crippen molar-refractivity contribution >= 4 is 34.5 Å². The van der Waals surface area contributed by atoms with Gasteiger partial charge in [-0.3, -0.25) is 4.79 Å². The van der Waals surface area contributed by atoms with Gasteiger partial charge < -0.3 is 19.9 Å². The van der Waals surface area contributed by atoms with E-state index >= 15 is 0 Å². The van der Waals surface area contributed by atoms with Crippen LogP contribution < -0.4 is 5.32 Å². The molecule has 2 amide bonds. The van der Waals surface area contributed by atoms with Crippen LogP contribution in [0.3, 0.4) is 0 Å². The fourth-order valence-corrected chi connectivity index (χ4v) is 4.45. The van der Waals surface area contributed by atoms with Gasteiger partial charge in [-0.15, -0.1) is 0 Å². The second-order valence-electron chi connectivity index (χ2n) is 9.17. The van der Waals surface area contributed by atoms with Crippen LogP contribution in [0.5, 0.6) is 0 Å². The highest BCUT2D eigenvalue weighted by Gasteiger charge is 2.36. The van der Waals surface area contributed by atoms with Gasteiger partial charge in [0, 0.05) is 28.2 Å². The molecular weight excluding hydrogens is 426 g/mol. The lowest BCUT2D eigenvalue weighted by Crippen LogP contribution is -2.51. The van der Waals surface area contributed by atoms with Gasteiger partial charge in [-0.1, -0.05) is 41.9 Å². The molecule has 3 aromatic rings. The van der Waals surface area contributed by atoms with E-state index in [-0.39, 0.29) is 11.9 Å². The van der Waals surface area contributed by atoms with E-state index in [4.69, 9.17) is 16.3 Å². The number of benzene rings is 2. The maximum Gasteiger partial charge on any atom is 0.408 e. The number of aromatic amines is 1. The molecular formula is C25H28ClN3O3. The average Bonchev–Trinajstić information content (AvgIpc) is 3.09. The van der Waals surface area contributed by atoms with Gasteiger partial charge in [0.05, 0.1) is 6.04 Å². The Bertz CT molecular complexity index is 1150. The zero-order valence-corrected chi connectivity index (χ0v) is 19.5. The molecule has 0 bridgehead atoms. The van der Waals surface area contributed by atoms with E-state index in [2.05, 4.69) is 10.3 Å². The summed E-state index contributed by atoms with van der Waals surface area (Å²) in [6.07, 6.45) is 0.0942. The molecule has 7 heteroatoms. The quantitative estimate of drug-likeness (QED) is 0.571. The van der Waals surface area contributed by atoms with Gasteiger partial charge in [0.2, 0.25) is 5.91 Å². The third-order valence-electron chi connectivity index (χ3n) is 5.59. The third-order valence-corrected chi connectivity index (χ3v) is 5.83. The molecule has 1 aliphatic rings. The summed E-state index contributed by atoms with van der Waals surface area (Å²) in [5.74, 6) is -0.160. The molecule has 0 radical (unpaired) electrons. The number of hydrogen-bond acceptors (Lipinski definition) is 3. The van der Waals surface area contributed by atoms with Gasteiger partial charge in [-0.2, -0.15) is 0 Å². The first-order valence-electron chi connectivity index (χ1n) is 10.8. The second kappa shape index (κ2) is 8.51. The van der Waals surface area contributed by atoms with Crippen molar-refractivity contribution < 1.29 is 14.3 Å². The van der Waals surface area contributed by atoms with Crippen LogP contribution in [0.2, 0.25) is 5.02 Å². The molecule has 0 saturated carbocycles. The second-order valence-corrected chi connectivity index (χ2v) is 9.61. The van der Waals surface area contributed by atoms with Crippen LogP contribution in [0.25, 0.3) is 10.9 Å². The van der Waals surface area contributed by atoms with Crippen LogP contribution in [0.1, 0.15) is 50.6 Å². The molecule has 0 fully saturated rings. The first-order chi connectivity index (χ1) is 15.1. The van der Waals surface area contributed by atoms with Crippen LogP contribution in [-0.4, -0.2) is 40.1 Å². The zero-order valence-electron chi connectivity index (χ0n) is 18.7. The summed E-state index contributed by atoms with van der Waals surface area (Å²) in [7, 11) is 0. The van der Waals surface area contributed by atoms with Crippen molar-refractivity contribution in [2.75, 3.05) is 6.54 Å². The van der Waals surface area contributed by atoms with Crippen LogP contribution in [0, 0.1) is 0 Å². The summed E-state index contributed by atoms with van der Waals surface area (Å²) >= 11 is 6.26. The van der Waals surface area contributed by atoms with Gasteiger partial charge >= 0.3 is 6.09 Å². The third kappa shape index (κ3) is 4.46. The van der Waals surface area contributed by atoms with Crippen LogP contribution in [-0.2, 0) is 16.0 Å². The van der Waals surface area contributed by atoms with E-state index in [9.17, 15) is 9.59 Å². The van der Waals surface area contributed by atoms with Crippen molar-refractivity contribution in [2.45, 2.75) is 51.8 Å². The summed E-state index contributed by atoms with van der Waals surface area (Å²) in [5, 5.41) is 4.45. The van der Waals surface area contributed by atoms with Gasteiger partial charge in [0.25, 0.3) is 0 Å². The Hall–Kier alpha value is -2.99. The standard InChI is InChI=1S/C25H28ClN3O3/c1-15(27-24(31)32-25(2,3)4)23(30)29-13-12-18-19-14-17(26)10-11-20(19)28-21(18)22(29)16-8-6-5-7-9-16/h5-11,14-15,22,28H,12-13H2,1-4H3,(H,27,31). The predicted molar refractivity (Wildman–Crippen MR) is 126 cm³/mol. The van der Waals surface area contributed by atoms with Crippen molar-refractivity contribution in [3.8, 4) is 0 Å². The molecule has 2 heterocycles. The molecule has 32 heavy (non-hydrogen) atoms. The lowest BCUT2D eigenvalue weighted by Gasteiger charge is -2.37. The summed E-state index contributed by atoms with van der Waals surface area (Å²) < 4.78 is 5.33. The molecule has 168 valence electrons. The number of halogens is 1. The van der Waals surface area contributed by atoms with Crippen molar-refractivity contribution in [1.29, 1.82) is 0 Å². The fourth-order valence-electron chi connectivity index (χ4n) is 4.27. The van der Waals surface area contributed by atoms with Gasteiger partial charge in [-0.05, 0) is 63.4 Å². The highest BCUT2D eigenvalue weighted by atomic mass is 35.5. The monoisotopic (exact) mass is 453 g/mol. The Kier molecular flexibility index (Phi) is 5.91. The average molecular weight is 454 g/mol. The molecule has 0 aliphatic carbocycles. The fraction of sp³-hybridized carbons (Fsp3) is 0.360. The van der Waals surface area contributed by atoms with E-state index in [0.717, 1.165) is 22.2 Å². The van der Waals surface area contributed by atoms with E-state index in [0.29, 0.717) is 18.0 Å². The lowest BCUT2D eigenvalue weighted by atomic mass is 9.92. The summed E-state index contributed by atoms with van der Waals surface area (Å²) in [5.41, 5.74) is 3.52. The first kappa shape index (κ1) is 22.2. The van der Waals surface area contributed by atoms with E-state index < -0.39 is 17.7 Å². The molecule has 1 aliphatic heterocycles. The van der Waals surface area contributed by atoms with E-state index in [1.807, 2.05) is 53.4 Å². The van der Waals surface area contributed by atoms with Crippen LogP contribution in [0.15, 0.2) is 48.5 Å². The molecule has 2 unspecified atom stereocenters. The first-order valence-corrected chi connectivity index (χ1v) is 11.2. The van der Waals surface area contributed by atoms with Crippen LogP contribution in [0.4, 0.5) is 4.79 Å². The topological polar surface area (TPSA) is 74.4 Å². The predicted octanol–water partition coefficient (Wildman–Crippen LogP) is 5.21. The summed E-state index contributed by atoms with van der Waals surface area (Å²) in [6, 6.07) is 14.7. The van der Waals surface area contributed by atoms with Crippen molar-refractivity contribution in [2.24, 2.45) is 0 Å². The van der Waals surface area contributed by atoms with Crippen molar-refractivity contribution in [1.82, 2.24) is 15.2 Å². The SMILES string of the molecule is CC(NC(=O)OC(C)(C)C)C(=O)N1CCc2c([nH]c3ccc(Cl)cc23)C1c1ccccc1. The zero-order chi connectivity index (χ0) is 23.0. The molecule has 6 nitrogen and oxygen atoms in total. The highest BCUT2D eigenvalue weighted by Crippen LogP contribution is 2.39. The van der Waals surface area contributed by atoms with Gasteiger partial charge in [-0.25, -0.2) is 4.79 Å². The number of alkyl carbamates (subject to hydrolysis) is 1. The van der Waals surface area contributed by atoms with Gasteiger partial charge in [0.15, 0.2) is 0 Å². The molecule has 4 rings (SSSR count). The molecule has 1 aromatic heterocycles. The molecule has 2 atom stereocenters. The van der Waals surface area contributed by atoms with E-state index in [1.165, 1.54) is 5.56 Å². The van der Waals surface area contributed by atoms with Gasteiger partial charge in [0.1, 0.15) is 11.6 Å². The summed E-state index contributed by atoms with van der Waals surface area (Å²) in [6.45, 7) is 7.59. The number of ether oxygens (including phenoxy) is 1. The number of rotatable bonds is 3. The normalized spacial score (nSPS) is 17.0. The Balaban J connectivity index is 1.69. The Morgan fingerprint density at radius 2 is 1.91 bits per heavy atom. The Labute approximate surface area is 192 Å². The number of carbonyl (C=O) groups excluding carboxylic acids is 2. The summed E-state index contributed by atoms with van der Waals surface area (Å²) in [4.78, 5) is 31.1. The maximum atomic E-state index is 13.5. The molecule has 0 saturated heterocycles. The number of nitrogens with zero attached hydrogens (tertiary/aromatic N) is 1. The molecule has 2 N–H and O–H groups in total. The maximum absolute atomic E-state index is 13.5. The minimum absolute atomic E-state index is 0.160. The number of carbonyl (C=O) groups is 2. The van der Waals surface area contributed by atoms with Crippen molar-refractivity contribution in [3.05, 3.63) is 70.4 Å². The minimum Gasteiger partial charge on any atom is -0.444 e. The Morgan fingerprint density at radius 1 is 1.19 bits per heavy atom. The number of fused-ring (bicyclic) bond motifs is 3. The number of aromatic nitrogens is 1. The van der Waals surface area contributed by atoms with E-state index in [1.54, 1.807) is 27.7 Å². The smallest absolute Gasteiger partial charge is 0.408 e. The Morgan fingerprint density at radius 3 is 2.59 bits per heavy atom. The molecule has 0 spiro atoms. The highest BCUT2D eigenvalue weighted by molar-refractivity contribution is 6.31. The number of hydrogen-bond donors (Lipinski definition) is 2.